The Balaban J connectivity index is 0.000000226. The molecule has 4 saturated heterocycles. The Morgan fingerprint density at radius 2 is 0.792 bits per heavy atom. The molecule has 12 nitrogen and oxygen atoms in total. The van der Waals surface area contributed by atoms with Crippen LogP contribution < -0.4 is 18.9 Å². The summed E-state index contributed by atoms with van der Waals surface area (Å²) in [6, 6.07) is 59.0. The summed E-state index contributed by atoms with van der Waals surface area (Å²) in [5.74, 6) is -1.47. The number of rotatable bonds is 12. The summed E-state index contributed by atoms with van der Waals surface area (Å²) >= 11 is 0. The van der Waals surface area contributed by atoms with E-state index >= 15 is 0 Å². The molecule has 4 N–H and O–H groups in total. The Bertz CT molecular complexity index is 2560. The number of likely N-dealkylation sites (tertiary alicyclic amines) is 4. The van der Waals surface area contributed by atoms with Crippen molar-refractivity contribution in [2.75, 3.05) is 46.4 Å². The molecule has 1 unspecified atom stereocenters. The molecular weight excluding hydrogens is 900 g/mol. The second kappa shape index (κ2) is 25.8. The van der Waals surface area contributed by atoms with E-state index in [0.717, 1.165) is 61.3 Å². The van der Waals surface area contributed by atoms with Gasteiger partial charge >= 0.3 is 30.8 Å². The molecule has 0 saturated carbocycles. The Morgan fingerprint density at radius 3 is 1.11 bits per heavy atom. The Kier molecular flexibility index (Phi) is 19.7. The number of carbonyl (C=O) groups excluding carboxylic acids is 3. The van der Waals surface area contributed by atoms with E-state index in [1.807, 2.05) is 133 Å². The summed E-state index contributed by atoms with van der Waals surface area (Å²) in [5.41, 5.74) is 6.33. The molecule has 6 atom stereocenters. The molecule has 4 fully saturated rings. The minimum absolute atomic E-state index is 0. The number of carboxylic acids is 1. The SMILES string of the molecule is COC(=O)[C@@H]1CC(N2CC[C@H](c3ccccc3)C2)CN1C(=O)C(c1ccccc1)c1ccccc1.O.O=C(O)[C@@H]1C[C@H](N2CC[C@H](c3ccccc3)C2)CN1C(=O)C(c1ccccc1)c1ccccc1.[Li+].[OH-]. The van der Waals surface area contributed by atoms with Crippen LogP contribution in [0.4, 0.5) is 0 Å². The maximum absolute atomic E-state index is 14.1. The van der Waals surface area contributed by atoms with Crippen LogP contribution in [0.5, 0.6) is 0 Å². The summed E-state index contributed by atoms with van der Waals surface area (Å²) < 4.78 is 5.16. The molecular formula is C59H65LiN4O8. The summed E-state index contributed by atoms with van der Waals surface area (Å²) in [6.45, 7) is 4.75. The maximum atomic E-state index is 14.1. The quantitative estimate of drug-likeness (QED) is 0.134. The van der Waals surface area contributed by atoms with Crippen molar-refractivity contribution < 1.29 is 58.8 Å². The average Bonchev–Trinajstić information content (AvgIpc) is 4.25. The van der Waals surface area contributed by atoms with Crippen LogP contribution in [0.25, 0.3) is 0 Å². The number of amides is 2. The summed E-state index contributed by atoms with van der Waals surface area (Å²) in [5, 5.41) is 10.0. The smallest absolute Gasteiger partial charge is 0.870 e. The van der Waals surface area contributed by atoms with Gasteiger partial charge in [-0.05, 0) is 84.0 Å². The number of hydrogen-bond acceptors (Lipinski definition) is 8. The number of aliphatic carboxylic acids is 1. The van der Waals surface area contributed by atoms with Crippen molar-refractivity contribution in [3.8, 4) is 0 Å². The molecule has 0 spiro atoms. The first kappa shape index (κ1) is 55.0. The van der Waals surface area contributed by atoms with Gasteiger partial charge in [0.25, 0.3) is 0 Å². The first-order chi connectivity index (χ1) is 33.8. The van der Waals surface area contributed by atoms with E-state index in [1.54, 1.807) is 9.80 Å². The third kappa shape index (κ3) is 12.4. The number of carbonyl (C=O) groups is 4. The van der Waals surface area contributed by atoms with Crippen molar-refractivity contribution >= 4 is 23.8 Å². The minimum Gasteiger partial charge on any atom is -0.870 e. The first-order valence-corrected chi connectivity index (χ1v) is 24.5. The van der Waals surface area contributed by atoms with Crippen LogP contribution in [0.2, 0.25) is 0 Å². The fraction of sp³-hybridized carbons (Fsp3) is 0.322. The van der Waals surface area contributed by atoms with Gasteiger partial charge in [-0.15, -0.1) is 0 Å². The molecule has 0 aliphatic carbocycles. The number of esters is 1. The number of methoxy groups -OCH3 is 1. The van der Waals surface area contributed by atoms with E-state index in [1.165, 1.54) is 18.2 Å². The van der Waals surface area contributed by atoms with Crippen LogP contribution in [-0.2, 0) is 23.9 Å². The average molecular weight is 965 g/mol. The van der Waals surface area contributed by atoms with Gasteiger partial charge in [-0.3, -0.25) is 19.4 Å². The maximum Gasteiger partial charge on any atom is 1.00 e. The van der Waals surface area contributed by atoms with Crippen LogP contribution in [0, 0.1) is 0 Å². The third-order valence-corrected chi connectivity index (χ3v) is 14.9. The van der Waals surface area contributed by atoms with Gasteiger partial charge < -0.3 is 30.6 Å². The molecule has 6 aromatic carbocycles. The standard InChI is InChI=1S/C30H32N2O3.C29H30N2O3.Li.2H2O/c1-35-30(34)27-19-26(31-18-17-25(20-31)22-11-5-2-6-12-22)21-32(27)29(33)28(23-13-7-3-8-14-23)24-15-9-4-10-16-24;32-28(27(22-12-6-2-7-13-22)23-14-8-3-9-15-23)31-20-25(18-26(31)29(33)34)30-17-16-24(19-30)21-10-4-1-5-11-21;;;/h2-16,25-28H,17-21H2,1H3;1-15,24-27H,16-20H2,(H,33,34);;2*1H2/q;;+1;;/p-1/t25-,26?,27-;24-,25-,26-;;;/m00.../s1. The zero-order valence-electron chi connectivity index (χ0n) is 41.2. The van der Waals surface area contributed by atoms with Gasteiger partial charge in [0.1, 0.15) is 12.1 Å². The monoisotopic (exact) mass is 964 g/mol. The summed E-state index contributed by atoms with van der Waals surface area (Å²) in [7, 11) is 1.41. The number of benzene rings is 6. The molecule has 13 heteroatoms. The second-order valence-electron chi connectivity index (χ2n) is 18.9. The van der Waals surface area contributed by atoms with E-state index in [4.69, 9.17) is 4.74 Å². The number of carboxylic acid groups (broad SMARTS) is 1. The van der Waals surface area contributed by atoms with Gasteiger partial charge in [0, 0.05) is 38.3 Å². The van der Waals surface area contributed by atoms with Gasteiger partial charge in [0.05, 0.1) is 18.9 Å². The van der Waals surface area contributed by atoms with Crippen LogP contribution in [0.3, 0.4) is 0 Å². The second-order valence-corrected chi connectivity index (χ2v) is 18.9. The van der Waals surface area contributed by atoms with Gasteiger partial charge in [-0.1, -0.05) is 182 Å². The van der Waals surface area contributed by atoms with E-state index in [-0.39, 0.29) is 59.7 Å². The fourth-order valence-electron chi connectivity index (χ4n) is 11.3. The zero-order valence-corrected chi connectivity index (χ0v) is 41.2. The molecule has 4 aliphatic rings. The topological polar surface area (TPSA) is 172 Å². The van der Waals surface area contributed by atoms with Crippen LogP contribution in [0.15, 0.2) is 182 Å². The van der Waals surface area contributed by atoms with Crippen molar-refractivity contribution in [2.45, 2.75) is 73.5 Å². The van der Waals surface area contributed by atoms with Crippen LogP contribution >= 0.6 is 0 Å². The largest absolute Gasteiger partial charge is 1.00 e. The Morgan fingerprint density at radius 1 is 0.486 bits per heavy atom. The molecule has 370 valence electrons. The van der Waals surface area contributed by atoms with Crippen molar-refractivity contribution in [1.29, 1.82) is 0 Å². The number of ether oxygens (including phenoxy) is 1. The molecule has 0 aromatic heterocycles. The van der Waals surface area contributed by atoms with E-state index in [0.29, 0.717) is 37.8 Å². The van der Waals surface area contributed by atoms with Crippen molar-refractivity contribution in [3.05, 3.63) is 215 Å². The van der Waals surface area contributed by atoms with Crippen LogP contribution in [-0.4, -0.2) is 130 Å². The molecule has 0 bridgehead atoms. The van der Waals surface area contributed by atoms with Gasteiger partial charge in [0.15, 0.2) is 0 Å². The predicted octanol–water partition coefficient (Wildman–Crippen LogP) is 4.82. The Hall–Kier alpha value is -6.36. The molecule has 4 aliphatic heterocycles. The third-order valence-electron chi connectivity index (χ3n) is 14.9. The Labute approximate surface area is 435 Å². The zero-order chi connectivity index (χ0) is 47.7. The molecule has 0 radical (unpaired) electrons. The summed E-state index contributed by atoms with van der Waals surface area (Å²) in [6.07, 6.45) is 3.23. The van der Waals surface area contributed by atoms with Gasteiger partial charge in [-0.25, -0.2) is 9.59 Å². The minimum atomic E-state index is -0.922. The predicted molar refractivity (Wildman–Crippen MR) is 273 cm³/mol. The van der Waals surface area contributed by atoms with E-state index in [2.05, 4.69) is 58.3 Å². The van der Waals surface area contributed by atoms with Crippen molar-refractivity contribution in [1.82, 2.24) is 19.6 Å². The molecule has 2 amide bonds. The molecule has 72 heavy (non-hydrogen) atoms. The fourth-order valence-corrected chi connectivity index (χ4v) is 11.3. The van der Waals surface area contributed by atoms with E-state index in [9.17, 15) is 24.3 Å². The molecule has 6 aromatic rings. The normalized spacial score (nSPS) is 21.7. The van der Waals surface area contributed by atoms with Crippen molar-refractivity contribution in [3.63, 3.8) is 0 Å². The molecule has 4 heterocycles. The van der Waals surface area contributed by atoms with Crippen molar-refractivity contribution in [2.24, 2.45) is 0 Å². The summed E-state index contributed by atoms with van der Waals surface area (Å²) in [4.78, 5) is 61.4. The number of nitrogens with zero attached hydrogens (tertiary/aromatic N) is 4. The van der Waals surface area contributed by atoms with E-state index < -0.39 is 29.9 Å². The first-order valence-electron chi connectivity index (χ1n) is 24.5. The molecule has 10 rings (SSSR count). The van der Waals surface area contributed by atoms with Gasteiger partial charge in [-0.2, -0.15) is 0 Å². The number of hydrogen-bond donors (Lipinski definition) is 1. The van der Waals surface area contributed by atoms with Gasteiger partial charge in [0.2, 0.25) is 11.8 Å². The van der Waals surface area contributed by atoms with Crippen LogP contribution in [0.1, 0.15) is 82.7 Å².